The number of amides is 3. The fourth-order valence-corrected chi connectivity index (χ4v) is 3.06. The van der Waals surface area contributed by atoms with Gasteiger partial charge in [0.2, 0.25) is 0 Å². The average Bonchev–Trinajstić information content (AvgIpc) is 2.85. The van der Waals surface area contributed by atoms with Gasteiger partial charge in [0.1, 0.15) is 5.60 Å². The maximum atomic E-state index is 12.5. The van der Waals surface area contributed by atoms with Crippen molar-refractivity contribution in [2.45, 2.75) is 45.3 Å². The van der Waals surface area contributed by atoms with Gasteiger partial charge in [-0.05, 0) is 45.7 Å². The van der Waals surface area contributed by atoms with E-state index in [4.69, 9.17) is 9.57 Å². The Morgan fingerprint density at radius 3 is 2.29 bits per heavy atom. The molecule has 28 heavy (non-hydrogen) atoms. The standard InChI is InChI=1S/C20H22N2O6/c1-20(2,3)27-19(26)21-13-8-6-7-12(11-13)18(25)28-22-16(23)14-9-4-5-10-15(14)17(22)24/h4-6,8-10,12-13H,7,11H2,1-3H3,(H,21,26)/t12-,13-/m1/s1. The summed E-state index contributed by atoms with van der Waals surface area (Å²) in [5, 5.41) is 3.18. The molecular weight excluding hydrogens is 364 g/mol. The molecule has 1 aromatic rings. The molecular formula is C20H22N2O6. The second-order valence-electron chi connectivity index (χ2n) is 7.71. The quantitative estimate of drug-likeness (QED) is 0.633. The lowest BCUT2D eigenvalue weighted by molar-refractivity contribution is -0.174. The lowest BCUT2D eigenvalue weighted by Crippen LogP contribution is -2.42. The minimum absolute atomic E-state index is 0.202. The number of allylic oxidation sites excluding steroid dienone is 1. The van der Waals surface area contributed by atoms with Crippen LogP contribution in [0.3, 0.4) is 0 Å². The summed E-state index contributed by atoms with van der Waals surface area (Å²) in [4.78, 5) is 54.1. The van der Waals surface area contributed by atoms with Crippen molar-refractivity contribution in [1.82, 2.24) is 10.4 Å². The molecule has 1 heterocycles. The maximum Gasteiger partial charge on any atom is 0.408 e. The molecule has 1 aromatic carbocycles. The Bertz CT molecular complexity index is 819. The number of fused-ring (bicyclic) bond motifs is 1. The first kappa shape index (κ1) is 19.6. The molecule has 0 unspecified atom stereocenters. The van der Waals surface area contributed by atoms with E-state index in [0.717, 1.165) is 0 Å². The van der Waals surface area contributed by atoms with Crippen LogP contribution in [0, 0.1) is 5.92 Å². The van der Waals surface area contributed by atoms with Gasteiger partial charge >= 0.3 is 12.1 Å². The molecule has 0 bridgehead atoms. The van der Waals surface area contributed by atoms with Crippen LogP contribution in [0.25, 0.3) is 0 Å². The van der Waals surface area contributed by atoms with Crippen molar-refractivity contribution < 1.29 is 28.8 Å². The molecule has 3 amide bonds. The van der Waals surface area contributed by atoms with Crippen LogP contribution in [0.2, 0.25) is 0 Å². The van der Waals surface area contributed by atoms with Crippen LogP contribution in [0.5, 0.6) is 0 Å². The van der Waals surface area contributed by atoms with Crippen LogP contribution < -0.4 is 5.32 Å². The zero-order valence-electron chi connectivity index (χ0n) is 15.9. The molecule has 0 aromatic heterocycles. The Balaban J connectivity index is 1.60. The van der Waals surface area contributed by atoms with E-state index in [2.05, 4.69) is 5.32 Å². The Kier molecular flexibility index (Phi) is 5.22. The van der Waals surface area contributed by atoms with Gasteiger partial charge in [-0.15, -0.1) is 0 Å². The van der Waals surface area contributed by atoms with Gasteiger partial charge in [-0.2, -0.15) is 0 Å². The highest BCUT2D eigenvalue weighted by atomic mass is 16.7. The van der Waals surface area contributed by atoms with Gasteiger partial charge in [-0.25, -0.2) is 9.59 Å². The number of carbonyl (C=O) groups excluding carboxylic acids is 4. The minimum atomic E-state index is -0.699. The van der Waals surface area contributed by atoms with E-state index in [-0.39, 0.29) is 17.5 Å². The first-order valence-corrected chi connectivity index (χ1v) is 9.01. The highest BCUT2D eigenvalue weighted by Crippen LogP contribution is 2.26. The molecule has 2 atom stereocenters. The fourth-order valence-electron chi connectivity index (χ4n) is 3.06. The van der Waals surface area contributed by atoms with E-state index >= 15 is 0 Å². The molecule has 0 radical (unpaired) electrons. The first-order chi connectivity index (χ1) is 13.2. The van der Waals surface area contributed by atoms with Gasteiger partial charge in [0.25, 0.3) is 11.8 Å². The summed E-state index contributed by atoms with van der Waals surface area (Å²) in [6.45, 7) is 5.27. The molecule has 1 N–H and O–H groups in total. The van der Waals surface area contributed by atoms with Crippen LogP contribution in [0.1, 0.15) is 54.3 Å². The molecule has 8 heteroatoms. The van der Waals surface area contributed by atoms with Crippen LogP contribution >= 0.6 is 0 Å². The molecule has 1 aliphatic heterocycles. The topological polar surface area (TPSA) is 102 Å². The summed E-state index contributed by atoms with van der Waals surface area (Å²) in [6, 6.07) is 5.87. The third-order valence-electron chi connectivity index (χ3n) is 4.30. The summed E-state index contributed by atoms with van der Waals surface area (Å²) in [5.41, 5.74) is -0.228. The predicted octanol–water partition coefficient (Wildman–Crippen LogP) is 2.60. The average molecular weight is 386 g/mol. The minimum Gasteiger partial charge on any atom is -0.444 e. The molecule has 0 saturated carbocycles. The van der Waals surface area contributed by atoms with Gasteiger partial charge in [0.05, 0.1) is 23.1 Å². The predicted molar refractivity (Wildman–Crippen MR) is 98.1 cm³/mol. The second-order valence-corrected chi connectivity index (χ2v) is 7.71. The highest BCUT2D eigenvalue weighted by Gasteiger charge is 2.40. The van der Waals surface area contributed by atoms with Crippen LogP contribution in [-0.4, -0.2) is 40.6 Å². The number of hydrogen-bond donors (Lipinski definition) is 1. The van der Waals surface area contributed by atoms with Crippen LogP contribution in [0.4, 0.5) is 4.79 Å². The molecule has 1 aliphatic carbocycles. The number of alkyl carbamates (subject to hydrolysis) is 1. The number of hydrogen-bond acceptors (Lipinski definition) is 6. The van der Waals surface area contributed by atoms with Gasteiger partial charge < -0.3 is 14.9 Å². The molecule has 2 aliphatic rings. The number of ether oxygens (including phenoxy) is 1. The Morgan fingerprint density at radius 2 is 1.71 bits per heavy atom. The number of nitrogens with zero attached hydrogens (tertiary/aromatic N) is 1. The molecule has 8 nitrogen and oxygen atoms in total. The van der Waals surface area contributed by atoms with Gasteiger partial charge in [0.15, 0.2) is 0 Å². The maximum absolute atomic E-state index is 12.5. The number of hydroxylamine groups is 2. The van der Waals surface area contributed by atoms with Gasteiger partial charge in [-0.3, -0.25) is 9.59 Å². The molecule has 0 saturated heterocycles. The number of carbonyl (C=O) groups is 4. The second kappa shape index (κ2) is 7.46. The third-order valence-corrected chi connectivity index (χ3v) is 4.30. The largest absolute Gasteiger partial charge is 0.444 e. The third kappa shape index (κ3) is 4.21. The summed E-state index contributed by atoms with van der Waals surface area (Å²) in [7, 11) is 0. The smallest absolute Gasteiger partial charge is 0.408 e. The number of imide groups is 1. The SMILES string of the molecule is CC(C)(C)OC(=O)N[C@@H]1C=CC[C@@H](C(=O)ON2C(=O)c3ccccc3C2=O)C1. The Hall–Kier alpha value is -3.16. The summed E-state index contributed by atoms with van der Waals surface area (Å²) >= 11 is 0. The normalized spacial score (nSPS) is 21.3. The van der Waals surface area contributed by atoms with E-state index in [1.807, 2.05) is 0 Å². The van der Waals surface area contributed by atoms with Gasteiger partial charge in [0, 0.05) is 0 Å². The van der Waals surface area contributed by atoms with Crippen molar-refractivity contribution in [2.24, 2.45) is 5.92 Å². The summed E-state index contributed by atoms with van der Waals surface area (Å²) < 4.78 is 5.21. The van der Waals surface area contributed by atoms with Crippen molar-refractivity contribution in [3.05, 3.63) is 47.5 Å². The van der Waals surface area contributed by atoms with E-state index < -0.39 is 41.4 Å². The summed E-state index contributed by atoms with van der Waals surface area (Å²) in [6.07, 6.45) is 3.60. The first-order valence-electron chi connectivity index (χ1n) is 9.01. The van der Waals surface area contributed by atoms with Gasteiger partial charge in [-0.1, -0.05) is 29.3 Å². The van der Waals surface area contributed by atoms with E-state index in [0.29, 0.717) is 11.5 Å². The summed E-state index contributed by atoms with van der Waals surface area (Å²) in [5.74, 6) is -2.63. The zero-order valence-corrected chi connectivity index (χ0v) is 15.9. The van der Waals surface area contributed by atoms with E-state index in [1.54, 1.807) is 45.1 Å². The van der Waals surface area contributed by atoms with Crippen LogP contribution in [0.15, 0.2) is 36.4 Å². The monoisotopic (exact) mass is 386 g/mol. The number of benzene rings is 1. The lowest BCUT2D eigenvalue weighted by atomic mass is 9.91. The number of rotatable bonds is 3. The van der Waals surface area contributed by atoms with Crippen LogP contribution in [-0.2, 0) is 14.4 Å². The van der Waals surface area contributed by atoms with Crippen molar-refractivity contribution in [3.8, 4) is 0 Å². The lowest BCUT2D eigenvalue weighted by Gasteiger charge is -2.26. The Morgan fingerprint density at radius 1 is 1.11 bits per heavy atom. The Labute approximate surface area is 162 Å². The van der Waals surface area contributed by atoms with E-state index in [1.165, 1.54) is 12.1 Å². The van der Waals surface area contributed by atoms with Crippen molar-refractivity contribution in [2.75, 3.05) is 0 Å². The fraction of sp³-hybridized carbons (Fsp3) is 0.400. The van der Waals surface area contributed by atoms with Crippen molar-refractivity contribution in [1.29, 1.82) is 0 Å². The molecule has 3 rings (SSSR count). The van der Waals surface area contributed by atoms with Crippen molar-refractivity contribution >= 4 is 23.9 Å². The molecule has 148 valence electrons. The zero-order chi connectivity index (χ0) is 20.5. The molecule has 0 spiro atoms. The molecule has 0 fully saturated rings. The van der Waals surface area contributed by atoms with Crippen molar-refractivity contribution in [3.63, 3.8) is 0 Å². The van der Waals surface area contributed by atoms with E-state index in [9.17, 15) is 19.2 Å². The number of nitrogens with one attached hydrogen (secondary N) is 1. The highest BCUT2D eigenvalue weighted by molar-refractivity contribution is 6.20.